The fourth-order valence-electron chi connectivity index (χ4n) is 2.05. The summed E-state index contributed by atoms with van der Waals surface area (Å²) in [5.41, 5.74) is 2.47. The van der Waals surface area contributed by atoms with Gasteiger partial charge in [-0.15, -0.1) is 5.10 Å². The number of tetrazole rings is 1. The smallest absolute Gasteiger partial charge is 0.234 e. The van der Waals surface area contributed by atoms with E-state index < -0.39 is 0 Å². The molecular formula is C16H14FN5OS. The van der Waals surface area contributed by atoms with Gasteiger partial charge in [-0.2, -0.15) is 4.68 Å². The number of thioether (sulfide) groups is 1. The molecule has 0 bridgehead atoms. The van der Waals surface area contributed by atoms with Crippen LogP contribution in [0, 0.1) is 12.7 Å². The van der Waals surface area contributed by atoms with Crippen LogP contribution in [0.2, 0.25) is 0 Å². The van der Waals surface area contributed by atoms with Crippen LogP contribution in [0.3, 0.4) is 0 Å². The monoisotopic (exact) mass is 343 g/mol. The molecule has 0 spiro atoms. The predicted molar refractivity (Wildman–Crippen MR) is 89.6 cm³/mol. The fraction of sp³-hybridized carbons (Fsp3) is 0.125. The number of nitrogens with one attached hydrogen (secondary N) is 1. The van der Waals surface area contributed by atoms with Gasteiger partial charge in [0, 0.05) is 5.69 Å². The van der Waals surface area contributed by atoms with Crippen molar-refractivity contribution in [2.24, 2.45) is 0 Å². The maximum absolute atomic E-state index is 12.9. The van der Waals surface area contributed by atoms with Gasteiger partial charge in [0.05, 0.1) is 11.4 Å². The molecule has 0 fully saturated rings. The van der Waals surface area contributed by atoms with Gasteiger partial charge in [-0.1, -0.05) is 23.9 Å². The lowest BCUT2D eigenvalue weighted by atomic mass is 10.2. The summed E-state index contributed by atoms with van der Waals surface area (Å²) in [6.45, 7) is 1.98. The van der Waals surface area contributed by atoms with Gasteiger partial charge in [0.1, 0.15) is 5.82 Å². The lowest BCUT2D eigenvalue weighted by molar-refractivity contribution is -0.113. The Kier molecular flexibility index (Phi) is 4.85. The first-order valence-corrected chi connectivity index (χ1v) is 8.14. The largest absolute Gasteiger partial charge is 0.325 e. The van der Waals surface area contributed by atoms with E-state index in [-0.39, 0.29) is 17.5 Å². The molecule has 24 heavy (non-hydrogen) atoms. The van der Waals surface area contributed by atoms with E-state index in [0.29, 0.717) is 10.8 Å². The van der Waals surface area contributed by atoms with Crippen molar-refractivity contribution in [1.82, 2.24) is 20.2 Å². The number of nitrogens with zero attached hydrogens (tertiary/aromatic N) is 4. The van der Waals surface area contributed by atoms with Crippen molar-refractivity contribution in [3.63, 3.8) is 0 Å². The van der Waals surface area contributed by atoms with Crippen LogP contribution < -0.4 is 5.32 Å². The van der Waals surface area contributed by atoms with Crippen LogP contribution in [0.15, 0.2) is 53.7 Å². The number of benzene rings is 2. The van der Waals surface area contributed by atoms with E-state index in [9.17, 15) is 9.18 Å². The minimum Gasteiger partial charge on any atom is -0.325 e. The van der Waals surface area contributed by atoms with Gasteiger partial charge in [-0.05, 0) is 59.3 Å². The van der Waals surface area contributed by atoms with Crippen molar-refractivity contribution in [2.45, 2.75) is 12.1 Å². The Balaban J connectivity index is 1.64. The van der Waals surface area contributed by atoms with Gasteiger partial charge in [-0.3, -0.25) is 4.79 Å². The molecule has 1 heterocycles. The van der Waals surface area contributed by atoms with Crippen molar-refractivity contribution >= 4 is 23.4 Å². The molecular weight excluding hydrogens is 329 g/mol. The van der Waals surface area contributed by atoms with Crippen LogP contribution in [-0.2, 0) is 4.79 Å². The summed E-state index contributed by atoms with van der Waals surface area (Å²) in [6.07, 6.45) is 0. The molecule has 0 aliphatic heterocycles. The Labute approximate surface area is 142 Å². The Morgan fingerprint density at radius 3 is 2.79 bits per heavy atom. The van der Waals surface area contributed by atoms with Gasteiger partial charge in [0.25, 0.3) is 0 Å². The van der Waals surface area contributed by atoms with E-state index in [4.69, 9.17) is 0 Å². The Morgan fingerprint density at radius 2 is 2.04 bits per heavy atom. The van der Waals surface area contributed by atoms with Gasteiger partial charge < -0.3 is 5.32 Å². The van der Waals surface area contributed by atoms with Gasteiger partial charge in [-0.25, -0.2) is 4.39 Å². The zero-order valence-corrected chi connectivity index (χ0v) is 13.6. The molecule has 0 atom stereocenters. The number of aromatic nitrogens is 4. The van der Waals surface area contributed by atoms with Crippen LogP contribution in [0.1, 0.15) is 5.56 Å². The number of halogens is 1. The third-order valence-electron chi connectivity index (χ3n) is 3.15. The number of carbonyl (C=O) groups is 1. The van der Waals surface area contributed by atoms with Crippen molar-refractivity contribution < 1.29 is 9.18 Å². The second kappa shape index (κ2) is 7.22. The summed E-state index contributed by atoms with van der Waals surface area (Å²) in [5.74, 6) is -0.422. The van der Waals surface area contributed by atoms with E-state index in [1.165, 1.54) is 36.0 Å². The van der Waals surface area contributed by atoms with Crippen molar-refractivity contribution in [3.05, 3.63) is 59.9 Å². The van der Waals surface area contributed by atoms with Gasteiger partial charge in [0.15, 0.2) is 0 Å². The number of carbonyl (C=O) groups excluding carboxylic acids is 1. The van der Waals surface area contributed by atoms with Gasteiger partial charge >= 0.3 is 0 Å². The molecule has 3 rings (SSSR count). The highest BCUT2D eigenvalue weighted by Crippen LogP contribution is 2.19. The number of rotatable bonds is 5. The Hall–Kier alpha value is -2.74. The number of hydrogen-bond donors (Lipinski definition) is 1. The average molecular weight is 343 g/mol. The highest BCUT2D eigenvalue weighted by Gasteiger charge is 2.12. The van der Waals surface area contributed by atoms with Crippen LogP contribution in [0.4, 0.5) is 10.1 Å². The van der Waals surface area contributed by atoms with Crippen LogP contribution in [-0.4, -0.2) is 31.9 Å². The molecule has 0 radical (unpaired) electrons. The summed E-state index contributed by atoms with van der Waals surface area (Å²) in [4.78, 5) is 12.0. The van der Waals surface area contributed by atoms with E-state index in [0.717, 1.165) is 11.3 Å². The lowest BCUT2D eigenvalue weighted by Gasteiger charge is -2.06. The van der Waals surface area contributed by atoms with Crippen LogP contribution in [0.5, 0.6) is 0 Å². The predicted octanol–water partition coefficient (Wildman–Crippen LogP) is 2.84. The molecule has 0 saturated carbocycles. The highest BCUT2D eigenvalue weighted by molar-refractivity contribution is 7.99. The molecule has 122 valence electrons. The Bertz CT molecular complexity index is 850. The number of amides is 1. The zero-order valence-electron chi connectivity index (χ0n) is 12.8. The molecule has 2 aromatic carbocycles. The molecule has 0 aliphatic carbocycles. The zero-order chi connectivity index (χ0) is 16.9. The standard InChI is InChI=1S/C16H14FN5OS/c1-11-3-2-4-14(9-11)22-16(19-20-21-22)24-10-15(23)18-13-7-5-12(17)6-8-13/h2-9H,10H2,1H3,(H,18,23). The fourth-order valence-corrected chi connectivity index (χ4v) is 2.74. The maximum Gasteiger partial charge on any atom is 0.234 e. The Morgan fingerprint density at radius 1 is 1.25 bits per heavy atom. The van der Waals surface area contributed by atoms with E-state index in [1.54, 1.807) is 4.68 Å². The van der Waals surface area contributed by atoms with E-state index in [1.807, 2.05) is 31.2 Å². The molecule has 1 aromatic heterocycles. The molecule has 8 heteroatoms. The minimum atomic E-state index is -0.347. The number of hydrogen-bond acceptors (Lipinski definition) is 5. The molecule has 6 nitrogen and oxygen atoms in total. The number of anilines is 1. The molecule has 0 saturated heterocycles. The van der Waals surface area contributed by atoms with Crippen molar-refractivity contribution in [1.29, 1.82) is 0 Å². The van der Waals surface area contributed by atoms with E-state index >= 15 is 0 Å². The summed E-state index contributed by atoms with van der Waals surface area (Å²) in [7, 11) is 0. The molecule has 3 aromatic rings. The average Bonchev–Trinajstić information content (AvgIpc) is 3.04. The molecule has 1 N–H and O–H groups in total. The van der Waals surface area contributed by atoms with Gasteiger partial charge in [0.2, 0.25) is 11.1 Å². The third kappa shape index (κ3) is 3.96. The van der Waals surface area contributed by atoms with Crippen molar-refractivity contribution in [3.8, 4) is 5.69 Å². The molecule has 0 unspecified atom stereocenters. The molecule has 1 amide bonds. The van der Waals surface area contributed by atoms with E-state index in [2.05, 4.69) is 20.8 Å². The number of aryl methyl sites for hydroxylation is 1. The topological polar surface area (TPSA) is 72.7 Å². The first-order valence-electron chi connectivity index (χ1n) is 7.15. The second-order valence-electron chi connectivity index (χ2n) is 5.06. The van der Waals surface area contributed by atoms with Crippen molar-refractivity contribution in [2.75, 3.05) is 11.1 Å². The first-order chi connectivity index (χ1) is 11.6. The SMILES string of the molecule is Cc1cccc(-n2nnnc2SCC(=O)Nc2ccc(F)cc2)c1. The summed E-state index contributed by atoms with van der Waals surface area (Å²) >= 11 is 1.23. The normalized spacial score (nSPS) is 10.6. The summed E-state index contributed by atoms with van der Waals surface area (Å²) < 4.78 is 14.4. The lowest BCUT2D eigenvalue weighted by Crippen LogP contribution is -2.14. The quantitative estimate of drug-likeness (QED) is 0.721. The third-order valence-corrected chi connectivity index (χ3v) is 4.07. The first kappa shape index (κ1) is 16.1. The van der Waals surface area contributed by atoms with Crippen LogP contribution in [0.25, 0.3) is 5.69 Å². The highest BCUT2D eigenvalue weighted by atomic mass is 32.2. The maximum atomic E-state index is 12.9. The van der Waals surface area contributed by atoms with Crippen LogP contribution >= 0.6 is 11.8 Å². The minimum absolute atomic E-state index is 0.142. The summed E-state index contributed by atoms with van der Waals surface area (Å²) in [6, 6.07) is 13.4. The second-order valence-corrected chi connectivity index (χ2v) is 6.00. The summed E-state index contributed by atoms with van der Waals surface area (Å²) in [5, 5.41) is 14.8. The molecule has 0 aliphatic rings.